The Morgan fingerprint density at radius 2 is 1.47 bits per heavy atom. The Kier molecular flexibility index (Phi) is 6.06. The van der Waals surface area contributed by atoms with Gasteiger partial charge in [0.05, 0.1) is 5.41 Å². The Morgan fingerprint density at radius 1 is 0.824 bits per heavy atom. The molecule has 0 amide bonds. The summed E-state index contributed by atoms with van der Waals surface area (Å²) in [6, 6.07) is 0. The topological polar surface area (TPSA) is 54.4 Å². The monoisotopic (exact) mass is 470 g/mol. The van der Waals surface area contributed by atoms with Crippen molar-refractivity contribution in [3.63, 3.8) is 0 Å². The van der Waals surface area contributed by atoms with Gasteiger partial charge in [-0.2, -0.15) is 0 Å². The Bertz CT molecular complexity index is 896. The summed E-state index contributed by atoms with van der Waals surface area (Å²) in [6.07, 6.45) is 13.4. The number of carboxylic acids is 1. The van der Waals surface area contributed by atoms with Gasteiger partial charge in [0.2, 0.25) is 0 Å². The molecule has 4 rings (SSSR count). The minimum absolute atomic E-state index is 0.0135. The number of ketones is 1. The first-order valence-electron chi connectivity index (χ1n) is 14.0. The predicted molar refractivity (Wildman–Crippen MR) is 138 cm³/mol. The summed E-state index contributed by atoms with van der Waals surface area (Å²) in [5, 5.41) is 10.3. The van der Waals surface area contributed by atoms with Gasteiger partial charge in [0.15, 0.2) is 0 Å². The molecule has 192 valence electrons. The molecule has 0 aromatic rings. The Balaban J connectivity index is 1.78. The van der Waals surface area contributed by atoms with Crippen molar-refractivity contribution in [3.8, 4) is 0 Å². The third-order valence-corrected chi connectivity index (χ3v) is 12.5. The summed E-state index contributed by atoms with van der Waals surface area (Å²) in [6.45, 7) is 18.6. The van der Waals surface area contributed by atoms with Crippen molar-refractivity contribution in [3.05, 3.63) is 11.6 Å². The first kappa shape index (κ1) is 26.0. The minimum atomic E-state index is -0.660. The second-order valence-electron chi connectivity index (χ2n) is 15.0. The quantitative estimate of drug-likeness (QED) is 0.393. The Morgan fingerprint density at radius 3 is 2.12 bits per heavy atom. The lowest BCUT2D eigenvalue weighted by molar-refractivity contribution is -0.178. The van der Waals surface area contributed by atoms with Crippen LogP contribution in [0.5, 0.6) is 0 Å². The van der Waals surface area contributed by atoms with Crippen molar-refractivity contribution in [2.45, 2.75) is 126 Å². The summed E-state index contributed by atoms with van der Waals surface area (Å²) in [5.74, 6) is 0.821. The van der Waals surface area contributed by atoms with E-state index in [1.807, 2.05) is 6.92 Å². The van der Waals surface area contributed by atoms with E-state index >= 15 is 0 Å². The normalized spacial score (nSPS) is 46.4. The third kappa shape index (κ3) is 3.65. The van der Waals surface area contributed by atoms with Crippen LogP contribution in [0.2, 0.25) is 0 Å². The zero-order chi connectivity index (χ0) is 25.4. The van der Waals surface area contributed by atoms with E-state index in [2.05, 4.69) is 54.5 Å². The maximum Gasteiger partial charge on any atom is 0.309 e. The van der Waals surface area contributed by atoms with E-state index in [-0.39, 0.29) is 27.1 Å². The molecule has 0 radical (unpaired) electrons. The van der Waals surface area contributed by atoms with E-state index in [1.165, 1.54) is 0 Å². The fourth-order valence-corrected chi connectivity index (χ4v) is 9.29. The lowest BCUT2D eigenvalue weighted by Gasteiger charge is -2.68. The molecule has 0 aromatic carbocycles. The number of rotatable bonds is 1. The van der Waals surface area contributed by atoms with Crippen LogP contribution >= 0.6 is 0 Å². The van der Waals surface area contributed by atoms with Crippen molar-refractivity contribution in [1.29, 1.82) is 0 Å². The summed E-state index contributed by atoms with van der Waals surface area (Å²) in [5.41, 5.74) is 1.18. The number of aliphatic carboxylic acids is 1. The van der Waals surface area contributed by atoms with Crippen LogP contribution in [-0.4, -0.2) is 16.9 Å². The molecule has 6 atom stereocenters. The van der Waals surface area contributed by atoms with Crippen molar-refractivity contribution in [2.75, 3.05) is 0 Å². The molecule has 4 aliphatic carbocycles. The minimum Gasteiger partial charge on any atom is -0.481 e. The van der Waals surface area contributed by atoms with Gasteiger partial charge >= 0.3 is 5.97 Å². The number of carbonyl (C=O) groups excluding carboxylic acids is 1. The highest BCUT2D eigenvalue weighted by Gasteiger charge is 2.65. The average molecular weight is 471 g/mol. The van der Waals surface area contributed by atoms with E-state index < -0.39 is 11.4 Å². The highest BCUT2D eigenvalue weighted by Crippen LogP contribution is 2.72. The second-order valence-corrected chi connectivity index (χ2v) is 15.0. The van der Waals surface area contributed by atoms with Gasteiger partial charge in [-0.25, -0.2) is 0 Å². The van der Waals surface area contributed by atoms with Gasteiger partial charge in [0.1, 0.15) is 5.78 Å². The van der Waals surface area contributed by atoms with E-state index in [1.54, 1.807) is 5.57 Å². The number of hydrogen-bond donors (Lipinski definition) is 1. The SMILES string of the molecule is CC1(C)CCC2=CC[C@@H]3[C@@]4(C)CCC(=O)C(C)(C)[C@@H]4CC[C@@]3(C)[C@]2(C)CC[C@@](C)(C(=O)O)CC1. The fourth-order valence-electron chi connectivity index (χ4n) is 9.29. The van der Waals surface area contributed by atoms with Crippen molar-refractivity contribution in [2.24, 2.45) is 44.3 Å². The number of fused-ring (bicyclic) bond motifs is 5. The smallest absolute Gasteiger partial charge is 0.309 e. The first-order valence-corrected chi connectivity index (χ1v) is 14.0. The Hall–Kier alpha value is -1.12. The zero-order valence-corrected chi connectivity index (χ0v) is 23.3. The van der Waals surface area contributed by atoms with Crippen LogP contribution in [0.25, 0.3) is 0 Å². The van der Waals surface area contributed by atoms with Gasteiger partial charge < -0.3 is 5.11 Å². The molecule has 3 nitrogen and oxygen atoms in total. The number of Topliss-reactive ketones (excluding diaryl/α,β-unsaturated/α-hetero) is 1. The molecule has 4 aliphatic rings. The molecule has 0 heterocycles. The lowest BCUT2D eigenvalue weighted by Crippen LogP contribution is -2.62. The van der Waals surface area contributed by atoms with Crippen LogP contribution in [0, 0.1) is 44.3 Å². The van der Waals surface area contributed by atoms with Gasteiger partial charge in [0.25, 0.3) is 0 Å². The zero-order valence-electron chi connectivity index (χ0n) is 23.3. The molecule has 1 N–H and O–H groups in total. The molecule has 0 unspecified atom stereocenters. The van der Waals surface area contributed by atoms with Crippen LogP contribution in [0.3, 0.4) is 0 Å². The first-order chi connectivity index (χ1) is 15.5. The molecule has 0 saturated heterocycles. The molecular weight excluding hydrogens is 420 g/mol. The van der Waals surface area contributed by atoms with Gasteiger partial charge in [0, 0.05) is 11.8 Å². The number of carbonyl (C=O) groups is 2. The van der Waals surface area contributed by atoms with Gasteiger partial charge in [-0.05, 0) is 105 Å². The predicted octanol–water partition coefficient (Wildman–Crippen LogP) is 8.22. The molecule has 3 saturated carbocycles. The largest absolute Gasteiger partial charge is 0.481 e. The summed E-state index contributed by atoms with van der Waals surface area (Å²) in [7, 11) is 0. The van der Waals surface area contributed by atoms with E-state index in [4.69, 9.17) is 0 Å². The molecule has 0 bridgehead atoms. The summed E-state index contributed by atoms with van der Waals surface area (Å²) in [4.78, 5) is 25.4. The van der Waals surface area contributed by atoms with Crippen LogP contribution in [0.4, 0.5) is 0 Å². The highest BCUT2D eigenvalue weighted by atomic mass is 16.4. The number of hydrogen-bond acceptors (Lipinski definition) is 2. The molecule has 3 heteroatoms. The van der Waals surface area contributed by atoms with Gasteiger partial charge in [-0.3, -0.25) is 9.59 Å². The molecule has 34 heavy (non-hydrogen) atoms. The summed E-state index contributed by atoms with van der Waals surface area (Å²) >= 11 is 0. The van der Waals surface area contributed by atoms with Crippen molar-refractivity contribution < 1.29 is 14.7 Å². The molecular formula is C31H50O3. The van der Waals surface area contributed by atoms with Crippen molar-refractivity contribution in [1.82, 2.24) is 0 Å². The van der Waals surface area contributed by atoms with E-state index in [9.17, 15) is 14.7 Å². The summed E-state index contributed by atoms with van der Waals surface area (Å²) < 4.78 is 0. The van der Waals surface area contributed by atoms with Gasteiger partial charge in [-0.1, -0.05) is 60.1 Å². The number of carboxylic acid groups (broad SMARTS) is 1. The molecule has 0 aliphatic heterocycles. The maximum absolute atomic E-state index is 12.9. The maximum atomic E-state index is 12.9. The Labute approximate surface area is 208 Å². The molecule has 0 aromatic heterocycles. The average Bonchev–Trinajstić information content (AvgIpc) is 2.74. The van der Waals surface area contributed by atoms with Gasteiger partial charge in [-0.15, -0.1) is 0 Å². The van der Waals surface area contributed by atoms with Crippen LogP contribution < -0.4 is 0 Å². The molecule has 3 fully saturated rings. The third-order valence-electron chi connectivity index (χ3n) is 12.5. The van der Waals surface area contributed by atoms with Crippen LogP contribution in [-0.2, 0) is 9.59 Å². The number of allylic oxidation sites excluding steroid dienone is 2. The lowest BCUT2D eigenvalue weighted by atomic mass is 9.36. The fraction of sp³-hybridized carbons (Fsp3) is 0.871. The van der Waals surface area contributed by atoms with Crippen LogP contribution in [0.1, 0.15) is 126 Å². The van der Waals surface area contributed by atoms with Crippen LogP contribution in [0.15, 0.2) is 11.6 Å². The molecule has 0 spiro atoms. The second kappa shape index (κ2) is 7.94. The van der Waals surface area contributed by atoms with Crippen molar-refractivity contribution >= 4 is 11.8 Å². The van der Waals surface area contributed by atoms with E-state index in [0.29, 0.717) is 24.0 Å². The standard InChI is InChI=1S/C31H50O3/c1-26(2)14-11-21-9-10-23-29(6)15-13-24(32)27(3,4)22(29)12-16-31(23,8)30(21,7)20-19-28(5,18-17-26)25(33)34/h9,22-23H,10-20H2,1-8H3,(H,33,34)/t22-,23+,28-,29-,30+,31+/m0/s1. The van der Waals surface area contributed by atoms with E-state index in [0.717, 1.165) is 64.2 Å². The highest BCUT2D eigenvalue weighted by molar-refractivity contribution is 5.85.